The number of aliphatic hydroxyl groups excluding tert-OH is 1. The second-order valence-electron chi connectivity index (χ2n) is 6.14. The first kappa shape index (κ1) is 18.9. The number of benzene rings is 1. The van der Waals surface area contributed by atoms with Gasteiger partial charge in [-0.2, -0.15) is 0 Å². The molecular weight excluding hydrogens is 300 g/mol. The number of hydrogen-bond acceptors (Lipinski definition) is 3. The number of rotatable bonds is 6. The minimum atomic E-state index is -0.389. The SMILES string of the molecule is CC(C)c1ccc(CCCNC(=O)C2CC(O)CN2)cc1.Cl. The molecule has 0 spiro atoms. The molecule has 2 atom stereocenters. The molecule has 0 aliphatic carbocycles. The van der Waals surface area contributed by atoms with E-state index < -0.39 is 0 Å². The van der Waals surface area contributed by atoms with Crippen LogP contribution in [0, 0.1) is 0 Å². The van der Waals surface area contributed by atoms with E-state index in [-0.39, 0.29) is 30.5 Å². The van der Waals surface area contributed by atoms with Crippen LogP contribution < -0.4 is 10.6 Å². The number of halogens is 1. The molecule has 124 valence electrons. The maximum absolute atomic E-state index is 11.8. The first-order valence-corrected chi connectivity index (χ1v) is 7.84. The third-order valence-electron chi connectivity index (χ3n) is 4.01. The quantitative estimate of drug-likeness (QED) is 0.701. The molecule has 0 bridgehead atoms. The lowest BCUT2D eigenvalue weighted by Crippen LogP contribution is -2.40. The number of carbonyl (C=O) groups is 1. The maximum Gasteiger partial charge on any atom is 0.237 e. The molecule has 2 rings (SSSR count). The summed E-state index contributed by atoms with van der Waals surface area (Å²) < 4.78 is 0. The van der Waals surface area contributed by atoms with Crippen LogP contribution in [0.25, 0.3) is 0 Å². The van der Waals surface area contributed by atoms with Crippen molar-refractivity contribution in [2.24, 2.45) is 0 Å². The molecule has 1 aliphatic rings. The molecule has 0 saturated carbocycles. The van der Waals surface area contributed by atoms with Crippen molar-refractivity contribution in [3.63, 3.8) is 0 Å². The van der Waals surface area contributed by atoms with Gasteiger partial charge in [-0.1, -0.05) is 38.1 Å². The van der Waals surface area contributed by atoms with Gasteiger partial charge in [0.1, 0.15) is 0 Å². The molecule has 2 unspecified atom stereocenters. The molecule has 22 heavy (non-hydrogen) atoms. The Morgan fingerprint density at radius 2 is 2.05 bits per heavy atom. The highest BCUT2D eigenvalue weighted by Gasteiger charge is 2.27. The van der Waals surface area contributed by atoms with E-state index in [4.69, 9.17) is 0 Å². The number of carbonyl (C=O) groups excluding carboxylic acids is 1. The zero-order valence-electron chi connectivity index (χ0n) is 13.3. The van der Waals surface area contributed by atoms with E-state index in [1.807, 2.05) is 0 Å². The molecule has 1 heterocycles. The van der Waals surface area contributed by atoms with Crippen LogP contribution in [-0.4, -0.2) is 36.2 Å². The smallest absolute Gasteiger partial charge is 0.237 e. The lowest BCUT2D eigenvalue weighted by molar-refractivity contribution is -0.122. The number of hydrogen-bond donors (Lipinski definition) is 3. The topological polar surface area (TPSA) is 61.4 Å². The molecule has 0 aromatic heterocycles. The highest BCUT2D eigenvalue weighted by Crippen LogP contribution is 2.15. The van der Waals surface area contributed by atoms with Gasteiger partial charge < -0.3 is 15.7 Å². The Balaban J connectivity index is 0.00000242. The Labute approximate surface area is 139 Å². The minimum absolute atomic E-state index is 0. The van der Waals surface area contributed by atoms with Crippen molar-refractivity contribution in [3.8, 4) is 0 Å². The van der Waals surface area contributed by atoms with Gasteiger partial charge in [0.2, 0.25) is 5.91 Å². The summed E-state index contributed by atoms with van der Waals surface area (Å²) in [5.74, 6) is 0.564. The van der Waals surface area contributed by atoms with Crippen molar-refractivity contribution in [2.45, 2.75) is 51.2 Å². The first-order chi connectivity index (χ1) is 10.1. The molecule has 1 amide bonds. The third-order valence-corrected chi connectivity index (χ3v) is 4.01. The van der Waals surface area contributed by atoms with Crippen LogP contribution in [0.15, 0.2) is 24.3 Å². The summed E-state index contributed by atoms with van der Waals surface area (Å²) >= 11 is 0. The van der Waals surface area contributed by atoms with Crippen molar-refractivity contribution in [3.05, 3.63) is 35.4 Å². The van der Waals surface area contributed by atoms with Crippen LogP contribution in [0.1, 0.15) is 43.7 Å². The molecule has 5 heteroatoms. The summed E-state index contributed by atoms with van der Waals surface area (Å²) in [5.41, 5.74) is 2.67. The van der Waals surface area contributed by atoms with Crippen LogP contribution >= 0.6 is 12.4 Å². The van der Waals surface area contributed by atoms with Crippen molar-refractivity contribution in [2.75, 3.05) is 13.1 Å². The van der Waals surface area contributed by atoms with Crippen LogP contribution in [0.4, 0.5) is 0 Å². The van der Waals surface area contributed by atoms with Gasteiger partial charge in [0, 0.05) is 13.1 Å². The lowest BCUT2D eigenvalue weighted by atomic mass is 10.0. The molecule has 1 aromatic rings. The largest absolute Gasteiger partial charge is 0.392 e. The first-order valence-electron chi connectivity index (χ1n) is 7.84. The van der Waals surface area contributed by atoms with Gasteiger partial charge in [0.05, 0.1) is 12.1 Å². The van der Waals surface area contributed by atoms with Gasteiger partial charge in [-0.3, -0.25) is 4.79 Å². The normalized spacial score (nSPS) is 20.7. The Morgan fingerprint density at radius 3 is 2.59 bits per heavy atom. The Bertz CT molecular complexity index is 462. The summed E-state index contributed by atoms with van der Waals surface area (Å²) in [5, 5.41) is 15.3. The summed E-state index contributed by atoms with van der Waals surface area (Å²) in [6.07, 6.45) is 2.03. The number of aryl methyl sites for hydroxylation is 1. The van der Waals surface area contributed by atoms with Crippen LogP contribution in [-0.2, 0) is 11.2 Å². The third kappa shape index (κ3) is 5.59. The summed E-state index contributed by atoms with van der Waals surface area (Å²) in [4.78, 5) is 11.8. The van der Waals surface area contributed by atoms with Crippen LogP contribution in [0.3, 0.4) is 0 Å². The monoisotopic (exact) mass is 326 g/mol. The molecule has 4 nitrogen and oxygen atoms in total. The second-order valence-corrected chi connectivity index (χ2v) is 6.14. The molecule has 1 aromatic carbocycles. The minimum Gasteiger partial charge on any atom is -0.392 e. The fourth-order valence-electron chi connectivity index (χ4n) is 2.61. The van der Waals surface area contributed by atoms with Gasteiger partial charge in [-0.25, -0.2) is 0 Å². The second kappa shape index (κ2) is 9.13. The highest BCUT2D eigenvalue weighted by atomic mass is 35.5. The Hall–Kier alpha value is -1.10. The van der Waals surface area contributed by atoms with Gasteiger partial charge in [0.15, 0.2) is 0 Å². The van der Waals surface area contributed by atoms with Crippen molar-refractivity contribution >= 4 is 18.3 Å². The van der Waals surface area contributed by atoms with E-state index in [1.54, 1.807) is 0 Å². The van der Waals surface area contributed by atoms with E-state index in [2.05, 4.69) is 48.7 Å². The molecule has 1 aliphatic heterocycles. The van der Waals surface area contributed by atoms with E-state index in [0.29, 0.717) is 25.4 Å². The average molecular weight is 327 g/mol. The van der Waals surface area contributed by atoms with E-state index in [0.717, 1.165) is 12.8 Å². The van der Waals surface area contributed by atoms with Crippen molar-refractivity contribution < 1.29 is 9.90 Å². The Morgan fingerprint density at radius 1 is 1.36 bits per heavy atom. The molecule has 3 N–H and O–H groups in total. The molecule has 1 saturated heterocycles. The van der Waals surface area contributed by atoms with Gasteiger partial charge in [-0.05, 0) is 36.3 Å². The summed E-state index contributed by atoms with van der Waals surface area (Å²) in [6, 6.07) is 8.48. The van der Waals surface area contributed by atoms with Gasteiger partial charge in [0.25, 0.3) is 0 Å². The van der Waals surface area contributed by atoms with E-state index >= 15 is 0 Å². The molecular formula is C17H27ClN2O2. The maximum atomic E-state index is 11.8. The van der Waals surface area contributed by atoms with Gasteiger partial charge >= 0.3 is 0 Å². The fourth-order valence-corrected chi connectivity index (χ4v) is 2.61. The average Bonchev–Trinajstić information content (AvgIpc) is 2.90. The van der Waals surface area contributed by atoms with E-state index in [1.165, 1.54) is 11.1 Å². The zero-order valence-corrected chi connectivity index (χ0v) is 14.2. The van der Waals surface area contributed by atoms with Crippen molar-refractivity contribution in [1.29, 1.82) is 0 Å². The van der Waals surface area contributed by atoms with Gasteiger partial charge in [-0.15, -0.1) is 12.4 Å². The lowest BCUT2D eigenvalue weighted by Gasteiger charge is -2.11. The summed E-state index contributed by atoms with van der Waals surface area (Å²) in [7, 11) is 0. The highest BCUT2D eigenvalue weighted by molar-refractivity contribution is 5.85. The zero-order chi connectivity index (χ0) is 15.2. The Kier molecular flexibility index (Phi) is 7.87. The number of aliphatic hydroxyl groups is 1. The molecule has 0 radical (unpaired) electrons. The number of β-amino-alcohol motifs (C(OH)–C–C–N with tert-alkyl or cyclic N) is 1. The summed E-state index contributed by atoms with van der Waals surface area (Å²) in [6.45, 7) is 5.58. The predicted molar refractivity (Wildman–Crippen MR) is 91.5 cm³/mol. The van der Waals surface area contributed by atoms with Crippen LogP contribution in [0.2, 0.25) is 0 Å². The van der Waals surface area contributed by atoms with E-state index in [9.17, 15) is 9.90 Å². The predicted octanol–water partition coefficient (Wildman–Crippen LogP) is 2.00. The molecule has 1 fully saturated rings. The number of amides is 1. The fraction of sp³-hybridized carbons (Fsp3) is 0.588. The van der Waals surface area contributed by atoms with Crippen molar-refractivity contribution in [1.82, 2.24) is 10.6 Å². The standard InChI is InChI=1S/C17H26N2O2.ClH/c1-12(2)14-7-5-13(6-8-14)4-3-9-18-17(21)16-10-15(20)11-19-16;/h5-8,12,15-16,19-20H,3-4,9-11H2,1-2H3,(H,18,21);1H. The number of nitrogens with one attached hydrogen (secondary N) is 2. The van der Waals surface area contributed by atoms with Crippen LogP contribution in [0.5, 0.6) is 0 Å².